The summed E-state index contributed by atoms with van der Waals surface area (Å²) in [6.07, 6.45) is 0. The standard InChI is InChI=1S/C28H38O8/c1-29-9-11-31-13-15-33-17-19-35-27-7-3-5-23-22-26-24(21-25(23)27)6-4-8-28(26)36-20-18-34-16-14-32-12-10-30-2/h3-8,21-22H,9-20H2,1-2H3. The van der Waals surface area contributed by atoms with E-state index in [1.165, 1.54) is 0 Å². The molecule has 8 heteroatoms. The van der Waals surface area contributed by atoms with Gasteiger partial charge in [-0.25, -0.2) is 0 Å². The normalized spacial score (nSPS) is 11.4. The first-order valence-corrected chi connectivity index (χ1v) is 12.3. The maximum atomic E-state index is 6.03. The van der Waals surface area contributed by atoms with Crippen LogP contribution in [0.15, 0.2) is 48.5 Å². The molecule has 3 rings (SSSR count). The summed E-state index contributed by atoms with van der Waals surface area (Å²) in [5, 5.41) is 4.30. The van der Waals surface area contributed by atoms with E-state index >= 15 is 0 Å². The van der Waals surface area contributed by atoms with Crippen LogP contribution < -0.4 is 9.47 Å². The lowest BCUT2D eigenvalue weighted by atomic mass is 10.0. The van der Waals surface area contributed by atoms with Crippen LogP contribution in [0.2, 0.25) is 0 Å². The number of hydrogen-bond donors (Lipinski definition) is 0. The van der Waals surface area contributed by atoms with Crippen LogP contribution in [-0.4, -0.2) is 93.5 Å². The molecular formula is C28H38O8. The third-order valence-electron chi connectivity index (χ3n) is 5.38. The predicted molar refractivity (Wildman–Crippen MR) is 139 cm³/mol. The van der Waals surface area contributed by atoms with Crippen molar-refractivity contribution in [3.05, 3.63) is 48.5 Å². The van der Waals surface area contributed by atoms with Gasteiger partial charge < -0.3 is 37.9 Å². The monoisotopic (exact) mass is 502 g/mol. The topological polar surface area (TPSA) is 73.8 Å². The van der Waals surface area contributed by atoms with Crippen molar-refractivity contribution in [3.8, 4) is 11.5 Å². The minimum Gasteiger partial charge on any atom is -0.491 e. The zero-order chi connectivity index (χ0) is 25.3. The molecule has 0 aliphatic carbocycles. The second-order valence-electron chi connectivity index (χ2n) is 7.94. The molecule has 0 aromatic heterocycles. The Labute approximate surface area is 213 Å². The van der Waals surface area contributed by atoms with Crippen LogP contribution in [-0.2, 0) is 28.4 Å². The summed E-state index contributed by atoms with van der Waals surface area (Å²) in [5.74, 6) is 1.67. The van der Waals surface area contributed by atoms with E-state index < -0.39 is 0 Å². The van der Waals surface area contributed by atoms with Gasteiger partial charge in [0.15, 0.2) is 0 Å². The molecule has 0 heterocycles. The SMILES string of the molecule is COCCOCCOCCOc1cccc2cc3c(OCCOCCOCCOC)cccc3cc12. The molecule has 0 unspecified atom stereocenters. The van der Waals surface area contributed by atoms with Gasteiger partial charge in [-0.1, -0.05) is 24.3 Å². The fraction of sp³-hybridized carbons (Fsp3) is 0.500. The fourth-order valence-electron chi connectivity index (χ4n) is 3.59. The summed E-state index contributed by atoms with van der Waals surface area (Å²) in [6, 6.07) is 16.4. The van der Waals surface area contributed by atoms with E-state index in [4.69, 9.17) is 37.9 Å². The number of ether oxygens (including phenoxy) is 8. The van der Waals surface area contributed by atoms with E-state index in [-0.39, 0.29) is 0 Å². The highest BCUT2D eigenvalue weighted by atomic mass is 16.6. The van der Waals surface area contributed by atoms with E-state index in [0.29, 0.717) is 79.3 Å². The highest BCUT2D eigenvalue weighted by molar-refractivity contribution is 6.03. The Bertz CT molecular complexity index is 928. The van der Waals surface area contributed by atoms with Crippen molar-refractivity contribution in [1.29, 1.82) is 0 Å². The molecule has 0 bridgehead atoms. The lowest BCUT2D eigenvalue weighted by Gasteiger charge is -2.13. The van der Waals surface area contributed by atoms with Gasteiger partial charge >= 0.3 is 0 Å². The second kappa shape index (κ2) is 17.1. The van der Waals surface area contributed by atoms with Gasteiger partial charge in [0.1, 0.15) is 24.7 Å². The van der Waals surface area contributed by atoms with Crippen LogP contribution >= 0.6 is 0 Å². The quantitative estimate of drug-likeness (QED) is 0.169. The third kappa shape index (κ3) is 9.54. The van der Waals surface area contributed by atoms with Crippen LogP contribution in [0.3, 0.4) is 0 Å². The molecule has 0 aliphatic heterocycles. The molecule has 0 saturated carbocycles. The Morgan fingerprint density at radius 3 is 1.19 bits per heavy atom. The van der Waals surface area contributed by atoms with Crippen molar-refractivity contribution in [1.82, 2.24) is 0 Å². The van der Waals surface area contributed by atoms with Crippen molar-refractivity contribution in [3.63, 3.8) is 0 Å². The Morgan fingerprint density at radius 1 is 0.444 bits per heavy atom. The number of methoxy groups -OCH3 is 2. The smallest absolute Gasteiger partial charge is 0.127 e. The predicted octanol–water partition coefficient (Wildman–Crippen LogP) is 4.11. The van der Waals surface area contributed by atoms with Crippen LogP contribution in [0, 0.1) is 0 Å². The first kappa shape index (κ1) is 28.1. The van der Waals surface area contributed by atoms with Gasteiger partial charge in [-0.3, -0.25) is 0 Å². The molecule has 0 aliphatic rings. The van der Waals surface area contributed by atoms with Crippen molar-refractivity contribution in [2.75, 3.05) is 93.5 Å². The average molecular weight is 503 g/mol. The Balaban J connectivity index is 1.48. The zero-order valence-corrected chi connectivity index (χ0v) is 21.4. The Morgan fingerprint density at radius 2 is 0.806 bits per heavy atom. The van der Waals surface area contributed by atoms with Gasteiger partial charge in [-0.2, -0.15) is 0 Å². The lowest BCUT2D eigenvalue weighted by molar-refractivity contribution is 0.0180. The van der Waals surface area contributed by atoms with E-state index in [2.05, 4.69) is 24.3 Å². The van der Waals surface area contributed by atoms with Crippen LogP contribution in [0.1, 0.15) is 0 Å². The Hall–Kier alpha value is -2.46. The van der Waals surface area contributed by atoms with E-state index in [1.807, 2.05) is 24.3 Å². The molecule has 3 aromatic carbocycles. The second-order valence-corrected chi connectivity index (χ2v) is 7.94. The molecule has 0 atom stereocenters. The molecule has 36 heavy (non-hydrogen) atoms. The molecule has 0 saturated heterocycles. The summed E-state index contributed by atoms with van der Waals surface area (Å²) in [4.78, 5) is 0. The molecule has 0 radical (unpaired) electrons. The van der Waals surface area contributed by atoms with Gasteiger partial charge in [0, 0.05) is 25.0 Å². The summed E-state index contributed by atoms with van der Waals surface area (Å²) >= 11 is 0. The summed E-state index contributed by atoms with van der Waals surface area (Å²) < 4.78 is 43.9. The van der Waals surface area contributed by atoms with Crippen molar-refractivity contribution in [2.24, 2.45) is 0 Å². The molecule has 0 N–H and O–H groups in total. The average Bonchev–Trinajstić information content (AvgIpc) is 2.90. The molecule has 0 amide bonds. The molecule has 0 spiro atoms. The van der Waals surface area contributed by atoms with E-state index in [0.717, 1.165) is 33.0 Å². The summed E-state index contributed by atoms with van der Waals surface area (Å²) in [6.45, 7) is 6.41. The first-order chi connectivity index (χ1) is 17.8. The third-order valence-corrected chi connectivity index (χ3v) is 5.38. The van der Waals surface area contributed by atoms with Gasteiger partial charge in [0.25, 0.3) is 0 Å². The van der Waals surface area contributed by atoms with Crippen molar-refractivity contribution in [2.45, 2.75) is 0 Å². The number of benzene rings is 3. The Kier molecular flexibility index (Phi) is 13.3. The minimum absolute atomic E-state index is 0.468. The van der Waals surface area contributed by atoms with Crippen molar-refractivity contribution < 1.29 is 37.9 Å². The van der Waals surface area contributed by atoms with Gasteiger partial charge in [-0.15, -0.1) is 0 Å². The number of rotatable bonds is 20. The first-order valence-electron chi connectivity index (χ1n) is 12.3. The summed E-state index contributed by atoms with van der Waals surface area (Å²) in [5.41, 5.74) is 0. The number of fused-ring (bicyclic) bond motifs is 2. The van der Waals surface area contributed by atoms with Crippen molar-refractivity contribution >= 4 is 21.5 Å². The molecule has 198 valence electrons. The number of hydrogen-bond acceptors (Lipinski definition) is 8. The summed E-state index contributed by atoms with van der Waals surface area (Å²) in [7, 11) is 3.31. The van der Waals surface area contributed by atoms with Gasteiger partial charge in [-0.05, 0) is 35.0 Å². The van der Waals surface area contributed by atoms with Crippen LogP contribution in [0.5, 0.6) is 11.5 Å². The lowest BCUT2D eigenvalue weighted by Crippen LogP contribution is -2.12. The maximum Gasteiger partial charge on any atom is 0.127 e. The maximum absolute atomic E-state index is 6.03. The van der Waals surface area contributed by atoms with Crippen LogP contribution in [0.4, 0.5) is 0 Å². The molecular weight excluding hydrogens is 464 g/mol. The zero-order valence-electron chi connectivity index (χ0n) is 21.4. The van der Waals surface area contributed by atoms with Crippen LogP contribution in [0.25, 0.3) is 21.5 Å². The minimum atomic E-state index is 0.468. The fourth-order valence-corrected chi connectivity index (χ4v) is 3.59. The van der Waals surface area contributed by atoms with E-state index in [1.54, 1.807) is 14.2 Å². The molecule has 0 fully saturated rings. The largest absolute Gasteiger partial charge is 0.491 e. The highest BCUT2D eigenvalue weighted by Crippen LogP contribution is 2.34. The highest BCUT2D eigenvalue weighted by Gasteiger charge is 2.08. The van der Waals surface area contributed by atoms with Gasteiger partial charge in [0.2, 0.25) is 0 Å². The molecule has 8 nitrogen and oxygen atoms in total. The molecule has 3 aromatic rings. The van der Waals surface area contributed by atoms with Gasteiger partial charge in [0.05, 0.1) is 66.1 Å². The van der Waals surface area contributed by atoms with E-state index in [9.17, 15) is 0 Å².